The molecule has 4 nitrogen and oxygen atoms in total. The highest BCUT2D eigenvalue weighted by Crippen LogP contribution is 2.16. The molecule has 0 radical (unpaired) electrons. The third kappa shape index (κ3) is 5.63. The highest BCUT2D eigenvalue weighted by Gasteiger charge is 2.23. The molecule has 6 heteroatoms. The Kier molecular flexibility index (Phi) is 6.78. The number of likely N-dealkylation sites (tertiary alicyclic amines) is 1. The molecule has 0 atom stereocenters. The molecule has 2 amide bonds. The maximum Gasteiger partial charge on any atom is 0.319 e. The van der Waals surface area contributed by atoms with Gasteiger partial charge in [0.1, 0.15) is 6.54 Å². The summed E-state index contributed by atoms with van der Waals surface area (Å²) in [6, 6.07) is 15.0. The summed E-state index contributed by atoms with van der Waals surface area (Å²) in [7, 11) is 0. The Morgan fingerprint density at radius 2 is 1.85 bits per heavy atom. The van der Waals surface area contributed by atoms with Gasteiger partial charge in [0.05, 0.1) is 13.1 Å². The molecule has 0 bridgehead atoms. The summed E-state index contributed by atoms with van der Waals surface area (Å²) in [6.45, 7) is 3.88. The van der Waals surface area contributed by atoms with E-state index >= 15 is 0 Å². The predicted molar refractivity (Wildman–Crippen MR) is 107 cm³/mol. The first-order chi connectivity index (χ1) is 12.6. The maximum atomic E-state index is 12.0. The van der Waals surface area contributed by atoms with E-state index in [0.29, 0.717) is 23.2 Å². The number of hydrogen-bond acceptors (Lipinski definition) is 1. The number of carbonyl (C=O) groups excluding carboxylic acids is 1. The summed E-state index contributed by atoms with van der Waals surface area (Å²) < 4.78 is 0. The van der Waals surface area contributed by atoms with Gasteiger partial charge >= 0.3 is 6.03 Å². The number of hydrogen-bond donors (Lipinski definition) is 3. The Hall–Kier alpha value is -1.75. The summed E-state index contributed by atoms with van der Waals surface area (Å²) in [5, 5.41) is 7.24. The van der Waals surface area contributed by atoms with Crippen molar-refractivity contribution in [3.05, 3.63) is 64.1 Å². The minimum Gasteiger partial charge on any atom is -0.338 e. The van der Waals surface area contributed by atoms with E-state index in [1.54, 1.807) is 17.0 Å². The van der Waals surface area contributed by atoms with Crippen LogP contribution in [-0.4, -0.2) is 25.7 Å². The van der Waals surface area contributed by atoms with Gasteiger partial charge in [-0.05, 0) is 30.2 Å². The van der Waals surface area contributed by atoms with Crippen LogP contribution in [0.3, 0.4) is 0 Å². The monoisotopic (exact) mass is 392 g/mol. The molecule has 3 rings (SSSR count). The molecule has 1 fully saturated rings. The van der Waals surface area contributed by atoms with E-state index in [9.17, 15) is 4.79 Å². The van der Waals surface area contributed by atoms with Gasteiger partial charge in [-0.25, -0.2) is 4.79 Å². The zero-order chi connectivity index (χ0) is 18.4. The lowest BCUT2D eigenvalue weighted by Crippen LogP contribution is -3.11. The minimum absolute atomic E-state index is 0.182. The first-order valence-electron chi connectivity index (χ1n) is 8.97. The van der Waals surface area contributed by atoms with Crippen molar-refractivity contribution >= 4 is 34.9 Å². The molecule has 2 aromatic carbocycles. The van der Waals surface area contributed by atoms with E-state index in [2.05, 4.69) is 16.7 Å². The summed E-state index contributed by atoms with van der Waals surface area (Å²) in [6.07, 6.45) is 2.22. The van der Waals surface area contributed by atoms with Crippen molar-refractivity contribution in [1.82, 2.24) is 5.32 Å². The zero-order valence-corrected chi connectivity index (χ0v) is 16.1. The van der Waals surface area contributed by atoms with Crippen molar-refractivity contribution in [1.29, 1.82) is 0 Å². The highest BCUT2D eigenvalue weighted by molar-refractivity contribution is 6.31. The maximum absolute atomic E-state index is 12.0. The van der Waals surface area contributed by atoms with E-state index in [4.69, 9.17) is 23.2 Å². The molecule has 1 aliphatic rings. The van der Waals surface area contributed by atoms with E-state index < -0.39 is 0 Å². The lowest BCUT2D eigenvalue weighted by Gasteiger charge is -2.29. The normalized spacial score (nSPS) is 19.8. The molecule has 0 aliphatic carbocycles. The molecule has 3 N–H and O–H groups in total. The Labute approximate surface area is 164 Å². The number of carbonyl (C=O) groups is 1. The molecule has 1 saturated heterocycles. The third-order valence-corrected chi connectivity index (χ3v) is 5.45. The van der Waals surface area contributed by atoms with E-state index in [1.807, 2.05) is 30.3 Å². The van der Waals surface area contributed by atoms with Crippen molar-refractivity contribution in [2.24, 2.45) is 5.92 Å². The number of halogens is 2. The van der Waals surface area contributed by atoms with Crippen LogP contribution in [0.25, 0.3) is 0 Å². The first kappa shape index (κ1) is 19.0. The Morgan fingerprint density at radius 3 is 2.58 bits per heavy atom. The summed E-state index contributed by atoms with van der Waals surface area (Å²) in [4.78, 5) is 13.6. The van der Waals surface area contributed by atoms with Gasteiger partial charge in [0.2, 0.25) is 0 Å². The van der Waals surface area contributed by atoms with Crippen LogP contribution in [0.5, 0.6) is 0 Å². The van der Waals surface area contributed by atoms with Gasteiger partial charge < -0.3 is 15.5 Å². The van der Waals surface area contributed by atoms with Crippen LogP contribution in [0.15, 0.2) is 48.5 Å². The molecular formula is C20H24Cl2N3O+. The van der Waals surface area contributed by atoms with E-state index in [1.165, 1.54) is 5.56 Å². The fourth-order valence-corrected chi connectivity index (χ4v) is 3.75. The number of piperidine rings is 1. The number of anilines is 1. The SMILES string of the molecule is O=C(NCC1CC[NH+](Cc2ccccc2Cl)CC1)Nc1cccc(Cl)c1. The van der Waals surface area contributed by atoms with E-state index in [0.717, 1.165) is 37.5 Å². The zero-order valence-electron chi connectivity index (χ0n) is 14.6. The number of benzene rings is 2. The second-order valence-electron chi connectivity index (χ2n) is 6.81. The molecular weight excluding hydrogens is 369 g/mol. The molecule has 1 heterocycles. The smallest absolute Gasteiger partial charge is 0.319 e. The van der Waals surface area contributed by atoms with Crippen LogP contribution in [0.2, 0.25) is 10.0 Å². The van der Waals surface area contributed by atoms with Crippen molar-refractivity contribution in [3.8, 4) is 0 Å². The standard InChI is InChI=1S/C20H23Cl2N3O/c21-17-5-3-6-18(12-17)24-20(26)23-13-15-8-10-25(11-9-15)14-16-4-1-2-7-19(16)22/h1-7,12,15H,8-11,13-14H2,(H2,23,24,26)/p+1. The van der Waals surface area contributed by atoms with Gasteiger partial charge in [-0.2, -0.15) is 0 Å². The second-order valence-corrected chi connectivity index (χ2v) is 7.65. The number of amides is 2. The fraction of sp³-hybridized carbons (Fsp3) is 0.350. The molecule has 138 valence electrons. The average Bonchev–Trinajstić information content (AvgIpc) is 2.63. The van der Waals surface area contributed by atoms with Crippen LogP contribution in [0.4, 0.5) is 10.5 Å². The van der Waals surface area contributed by atoms with E-state index in [-0.39, 0.29) is 6.03 Å². The van der Waals surface area contributed by atoms with Crippen molar-refractivity contribution in [2.75, 3.05) is 25.0 Å². The third-order valence-electron chi connectivity index (χ3n) is 4.84. The molecule has 0 unspecified atom stereocenters. The first-order valence-corrected chi connectivity index (χ1v) is 9.73. The van der Waals surface area contributed by atoms with Crippen LogP contribution in [0.1, 0.15) is 18.4 Å². The van der Waals surface area contributed by atoms with Crippen LogP contribution >= 0.6 is 23.2 Å². The quantitative estimate of drug-likeness (QED) is 0.714. The second kappa shape index (κ2) is 9.26. The number of nitrogens with one attached hydrogen (secondary N) is 3. The largest absolute Gasteiger partial charge is 0.338 e. The van der Waals surface area contributed by atoms with Gasteiger partial charge in [-0.1, -0.05) is 47.5 Å². The molecule has 2 aromatic rings. The van der Waals surface area contributed by atoms with Gasteiger partial charge in [-0.3, -0.25) is 0 Å². The van der Waals surface area contributed by atoms with Gasteiger partial charge in [0, 0.05) is 40.7 Å². The molecule has 1 aliphatic heterocycles. The van der Waals surface area contributed by atoms with Gasteiger partial charge in [-0.15, -0.1) is 0 Å². The molecule has 0 spiro atoms. The topological polar surface area (TPSA) is 45.6 Å². The minimum atomic E-state index is -0.182. The number of rotatable bonds is 5. The van der Waals surface area contributed by atoms with Crippen LogP contribution in [0, 0.1) is 5.92 Å². The Balaban J connectivity index is 1.39. The van der Waals surface area contributed by atoms with Crippen molar-refractivity contribution in [3.63, 3.8) is 0 Å². The predicted octanol–water partition coefficient (Wildman–Crippen LogP) is 3.61. The van der Waals surface area contributed by atoms with Crippen molar-refractivity contribution < 1.29 is 9.69 Å². The molecule has 0 aromatic heterocycles. The highest BCUT2D eigenvalue weighted by atomic mass is 35.5. The van der Waals surface area contributed by atoms with Crippen molar-refractivity contribution in [2.45, 2.75) is 19.4 Å². The van der Waals surface area contributed by atoms with Crippen LogP contribution < -0.4 is 15.5 Å². The van der Waals surface area contributed by atoms with Crippen LogP contribution in [-0.2, 0) is 6.54 Å². The summed E-state index contributed by atoms with van der Waals surface area (Å²) in [5.41, 5.74) is 1.91. The fourth-order valence-electron chi connectivity index (χ4n) is 3.36. The van der Waals surface area contributed by atoms with Gasteiger partial charge in [0.25, 0.3) is 0 Å². The average molecular weight is 393 g/mol. The number of urea groups is 1. The van der Waals surface area contributed by atoms with Gasteiger partial charge in [0.15, 0.2) is 0 Å². The summed E-state index contributed by atoms with van der Waals surface area (Å²) >= 11 is 12.2. The lowest BCUT2D eigenvalue weighted by molar-refractivity contribution is -0.919. The number of quaternary nitrogens is 1. The molecule has 26 heavy (non-hydrogen) atoms. The summed E-state index contributed by atoms with van der Waals surface area (Å²) in [5.74, 6) is 0.523. The Morgan fingerprint density at radius 1 is 1.08 bits per heavy atom. The molecule has 0 saturated carbocycles. The Bertz CT molecular complexity index is 745. The lowest BCUT2D eigenvalue weighted by atomic mass is 9.96.